The van der Waals surface area contributed by atoms with E-state index >= 15 is 0 Å². The summed E-state index contributed by atoms with van der Waals surface area (Å²) < 4.78 is 5.09. The molecule has 1 saturated heterocycles. The quantitative estimate of drug-likeness (QED) is 0.606. The molecule has 0 spiro atoms. The van der Waals surface area contributed by atoms with Gasteiger partial charge in [0.05, 0.1) is 19.3 Å². The molecular weight excluding hydrogens is 142 g/mol. The maximum atomic E-state index is 8.95. The zero-order valence-corrected chi connectivity index (χ0v) is 7.26. The third-order valence-corrected chi connectivity index (χ3v) is 1.89. The molecule has 0 aromatic rings. The molecule has 3 heteroatoms. The van der Waals surface area contributed by atoms with E-state index in [1.165, 1.54) is 0 Å². The first kappa shape index (κ1) is 8.97. The second kappa shape index (κ2) is 3.52. The van der Waals surface area contributed by atoms with Crippen molar-refractivity contribution in [2.45, 2.75) is 20.0 Å². The molecule has 0 aromatic carbocycles. The lowest BCUT2D eigenvalue weighted by atomic mass is 9.89. The molecule has 1 atom stereocenters. The second-order valence-corrected chi connectivity index (χ2v) is 3.78. The summed E-state index contributed by atoms with van der Waals surface area (Å²) in [7, 11) is 0. The molecule has 1 aliphatic rings. The Kier molecular flexibility index (Phi) is 2.87. The van der Waals surface area contributed by atoms with E-state index in [-0.39, 0.29) is 6.10 Å². The van der Waals surface area contributed by atoms with Gasteiger partial charge in [-0.1, -0.05) is 6.92 Å². The highest BCUT2D eigenvalue weighted by Gasteiger charge is 2.32. The highest BCUT2D eigenvalue weighted by atomic mass is 16.5. The minimum absolute atomic E-state index is 0.250. The first-order chi connectivity index (χ1) is 5.12. The third-order valence-electron chi connectivity index (χ3n) is 1.89. The van der Waals surface area contributed by atoms with Crippen molar-refractivity contribution in [2.24, 2.45) is 5.41 Å². The van der Waals surface area contributed by atoms with E-state index in [1.54, 1.807) is 6.92 Å². The average Bonchev–Trinajstić information content (AvgIpc) is 1.83. The van der Waals surface area contributed by atoms with Crippen LogP contribution in [0, 0.1) is 5.41 Å². The normalized spacial score (nSPS) is 24.3. The van der Waals surface area contributed by atoms with Gasteiger partial charge in [0, 0.05) is 18.5 Å². The number of nitrogens with one attached hydrogen (secondary N) is 1. The van der Waals surface area contributed by atoms with Crippen molar-refractivity contribution in [3.63, 3.8) is 0 Å². The van der Waals surface area contributed by atoms with Crippen LogP contribution < -0.4 is 5.32 Å². The lowest BCUT2D eigenvalue weighted by molar-refractivity contribution is -0.0995. The van der Waals surface area contributed by atoms with Gasteiger partial charge in [-0.3, -0.25) is 0 Å². The van der Waals surface area contributed by atoms with Crippen molar-refractivity contribution < 1.29 is 9.84 Å². The smallest absolute Gasteiger partial charge is 0.0636 e. The van der Waals surface area contributed by atoms with Gasteiger partial charge in [-0.05, 0) is 6.92 Å². The van der Waals surface area contributed by atoms with Crippen LogP contribution in [-0.2, 0) is 4.74 Å². The lowest BCUT2D eigenvalue weighted by Crippen LogP contribution is -2.48. The van der Waals surface area contributed by atoms with E-state index < -0.39 is 0 Å². The van der Waals surface area contributed by atoms with Crippen LogP contribution >= 0.6 is 0 Å². The molecule has 0 amide bonds. The van der Waals surface area contributed by atoms with E-state index in [4.69, 9.17) is 9.84 Å². The average molecular weight is 159 g/mol. The van der Waals surface area contributed by atoms with Crippen molar-refractivity contribution in [3.8, 4) is 0 Å². The van der Waals surface area contributed by atoms with Gasteiger partial charge in [0.1, 0.15) is 0 Å². The number of aliphatic hydroxyl groups is 1. The Balaban J connectivity index is 2.02. The molecule has 0 bridgehead atoms. The lowest BCUT2D eigenvalue weighted by Gasteiger charge is -2.38. The molecule has 0 aromatic heterocycles. The predicted octanol–water partition coefficient (Wildman–Crippen LogP) is -0.00670. The zero-order valence-electron chi connectivity index (χ0n) is 7.26. The van der Waals surface area contributed by atoms with Crippen LogP contribution in [0.2, 0.25) is 0 Å². The fourth-order valence-corrected chi connectivity index (χ4v) is 1.14. The first-order valence-corrected chi connectivity index (χ1v) is 4.09. The molecule has 66 valence electrons. The Morgan fingerprint density at radius 3 is 2.64 bits per heavy atom. The zero-order chi connectivity index (χ0) is 8.32. The molecular formula is C8H17NO2. The van der Waals surface area contributed by atoms with Crippen molar-refractivity contribution in [3.05, 3.63) is 0 Å². The summed E-state index contributed by atoms with van der Waals surface area (Å²) in [6.07, 6.45) is -0.250. The monoisotopic (exact) mass is 159 g/mol. The van der Waals surface area contributed by atoms with Gasteiger partial charge in [0.25, 0.3) is 0 Å². The molecule has 11 heavy (non-hydrogen) atoms. The van der Waals surface area contributed by atoms with E-state index in [1.807, 2.05) is 0 Å². The van der Waals surface area contributed by atoms with Gasteiger partial charge in [-0.25, -0.2) is 0 Å². The highest BCUT2D eigenvalue weighted by Crippen LogP contribution is 2.24. The highest BCUT2D eigenvalue weighted by molar-refractivity contribution is 4.82. The Morgan fingerprint density at radius 2 is 2.27 bits per heavy atom. The van der Waals surface area contributed by atoms with Crippen molar-refractivity contribution in [1.82, 2.24) is 5.32 Å². The largest absolute Gasteiger partial charge is 0.392 e. The number of ether oxygens (including phenoxy) is 1. The first-order valence-electron chi connectivity index (χ1n) is 4.09. The van der Waals surface area contributed by atoms with Crippen LogP contribution in [0.1, 0.15) is 13.8 Å². The van der Waals surface area contributed by atoms with Gasteiger partial charge in [0.15, 0.2) is 0 Å². The van der Waals surface area contributed by atoms with Crippen LogP contribution in [0.15, 0.2) is 0 Å². The third kappa shape index (κ3) is 2.77. The summed E-state index contributed by atoms with van der Waals surface area (Å²) in [5.41, 5.74) is 0.314. The Morgan fingerprint density at radius 1 is 1.64 bits per heavy atom. The van der Waals surface area contributed by atoms with E-state index in [0.29, 0.717) is 12.0 Å². The van der Waals surface area contributed by atoms with Gasteiger partial charge >= 0.3 is 0 Å². The topological polar surface area (TPSA) is 41.5 Å². The van der Waals surface area contributed by atoms with E-state index in [2.05, 4.69) is 12.2 Å². The minimum atomic E-state index is -0.250. The molecule has 0 aliphatic carbocycles. The fraction of sp³-hybridized carbons (Fsp3) is 1.00. The molecule has 1 rings (SSSR count). The van der Waals surface area contributed by atoms with E-state index in [0.717, 1.165) is 19.8 Å². The summed E-state index contributed by atoms with van der Waals surface area (Å²) in [4.78, 5) is 0. The molecule has 1 fully saturated rings. The van der Waals surface area contributed by atoms with Crippen molar-refractivity contribution >= 4 is 0 Å². The Hall–Kier alpha value is -0.120. The molecule has 1 heterocycles. The molecule has 3 nitrogen and oxygen atoms in total. The number of rotatable bonds is 4. The van der Waals surface area contributed by atoms with Gasteiger partial charge in [0.2, 0.25) is 0 Å². The molecule has 1 unspecified atom stereocenters. The summed E-state index contributed by atoms with van der Waals surface area (Å²) >= 11 is 0. The van der Waals surface area contributed by atoms with Crippen molar-refractivity contribution in [1.29, 1.82) is 0 Å². The van der Waals surface area contributed by atoms with Crippen LogP contribution in [0.4, 0.5) is 0 Å². The van der Waals surface area contributed by atoms with Crippen LogP contribution in [0.3, 0.4) is 0 Å². The fourth-order valence-electron chi connectivity index (χ4n) is 1.14. The Labute approximate surface area is 67.7 Å². The van der Waals surface area contributed by atoms with Gasteiger partial charge < -0.3 is 15.2 Å². The molecule has 2 N–H and O–H groups in total. The predicted molar refractivity (Wildman–Crippen MR) is 43.5 cm³/mol. The molecule has 0 saturated carbocycles. The maximum Gasteiger partial charge on any atom is 0.0636 e. The van der Waals surface area contributed by atoms with Crippen LogP contribution in [0.25, 0.3) is 0 Å². The summed E-state index contributed by atoms with van der Waals surface area (Å²) in [6, 6.07) is 0. The standard InChI is InChI=1S/C8H17NO2/c1-7(10)3-9-4-8(2)5-11-6-8/h7,9-10H,3-6H2,1-2H3. The number of hydrogen-bond donors (Lipinski definition) is 2. The van der Waals surface area contributed by atoms with Crippen LogP contribution in [0.5, 0.6) is 0 Å². The summed E-state index contributed by atoms with van der Waals surface area (Å²) in [5.74, 6) is 0. The maximum absolute atomic E-state index is 8.95. The Bertz CT molecular complexity index is 121. The van der Waals surface area contributed by atoms with E-state index in [9.17, 15) is 0 Å². The summed E-state index contributed by atoms with van der Waals surface area (Å²) in [6.45, 7) is 7.28. The summed E-state index contributed by atoms with van der Waals surface area (Å²) in [5, 5.41) is 12.1. The van der Waals surface area contributed by atoms with Crippen molar-refractivity contribution in [2.75, 3.05) is 26.3 Å². The SMILES string of the molecule is CC(O)CNCC1(C)COC1. The molecule has 0 radical (unpaired) electrons. The van der Waals surface area contributed by atoms with Gasteiger partial charge in [-0.15, -0.1) is 0 Å². The van der Waals surface area contributed by atoms with Gasteiger partial charge in [-0.2, -0.15) is 0 Å². The van der Waals surface area contributed by atoms with Crippen LogP contribution in [-0.4, -0.2) is 37.5 Å². The number of hydrogen-bond acceptors (Lipinski definition) is 3. The second-order valence-electron chi connectivity index (χ2n) is 3.78. The number of aliphatic hydroxyl groups excluding tert-OH is 1. The molecule has 1 aliphatic heterocycles. The minimum Gasteiger partial charge on any atom is -0.392 e.